The standard InChI is InChI=1S/C4H3IO4/c5-9-4(8)2-1-3(6)7/h1-2H,(H,6,7). The number of carboxylic acid groups (broad SMARTS) is 1. The molecule has 0 saturated heterocycles. The van der Waals surface area contributed by atoms with Crippen LogP contribution in [0.5, 0.6) is 0 Å². The molecule has 0 aromatic rings. The van der Waals surface area contributed by atoms with E-state index in [0.717, 1.165) is 6.08 Å². The van der Waals surface area contributed by atoms with Gasteiger partial charge in [-0.3, -0.25) is 0 Å². The Morgan fingerprint density at radius 3 is 2.33 bits per heavy atom. The molecule has 0 saturated carbocycles. The van der Waals surface area contributed by atoms with Crippen LogP contribution in [0.25, 0.3) is 0 Å². The Morgan fingerprint density at radius 2 is 2.00 bits per heavy atom. The van der Waals surface area contributed by atoms with Crippen LogP contribution in [-0.4, -0.2) is 17.0 Å². The number of hydrogen-bond acceptors (Lipinski definition) is 3. The van der Waals surface area contributed by atoms with Crippen LogP contribution in [-0.2, 0) is 12.7 Å². The Balaban J connectivity index is 3.71. The molecule has 0 spiro atoms. The molecule has 0 heterocycles. The van der Waals surface area contributed by atoms with Crippen molar-refractivity contribution in [2.24, 2.45) is 0 Å². The lowest BCUT2D eigenvalue weighted by atomic mass is 10.5. The highest BCUT2D eigenvalue weighted by Gasteiger charge is 1.93. The van der Waals surface area contributed by atoms with Crippen molar-refractivity contribution in [3.63, 3.8) is 0 Å². The SMILES string of the molecule is O=C(O)C=CC(=O)OI. The smallest absolute Gasteiger partial charge is 0.340 e. The predicted molar refractivity (Wildman–Crippen MR) is 36.9 cm³/mol. The van der Waals surface area contributed by atoms with Gasteiger partial charge in [0.15, 0.2) is 23.0 Å². The number of carboxylic acids is 1. The van der Waals surface area contributed by atoms with Crippen LogP contribution in [0.2, 0.25) is 0 Å². The summed E-state index contributed by atoms with van der Waals surface area (Å²) in [6, 6.07) is 0. The zero-order valence-electron chi connectivity index (χ0n) is 4.20. The third kappa shape index (κ3) is 5.28. The van der Waals surface area contributed by atoms with Gasteiger partial charge < -0.3 is 8.17 Å². The lowest BCUT2D eigenvalue weighted by Gasteiger charge is -1.82. The fraction of sp³-hybridized carbons (Fsp3) is 0. The van der Waals surface area contributed by atoms with Gasteiger partial charge in [0.2, 0.25) is 0 Å². The van der Waals surface area contributed by atoms with Crippen molar-refractivity contribution in [2.45, 2.75) is 0 Å². The Kier molecular flexibility index (Phi) is 4.02. The molecule has 0 bridgehead atoms. The van der Waals surface area contributed by atoms with Crippen LogP contribution >= 0.6 is 23.0 Å². The zero-order valence-corrected chi connectivity index (χ0v) is 6.36. The van der Waals surface area contributed by atoms with E-state index in [0.29, 0.717) is 6.08 Å². The molecule has 0 aliphatic rings. The summed E-state index contributed by atoms with van der Waals surface area (Å²) in [6.45, 7) is 0. The number of aliphatic carboxylic acids is 1. The van der Waals surface area contributed by atoms with Gasteiger partial charge in [-0.1, -0.05) is 0 Å². The van der Waals surface area contributed by atoms with E-state index in [1.807, 2.05) is 0 Å². The van der Waals surface area contributed by atoms with Crippen LogP contribution < -0.4 is 0 Å². The first-order chi connectivity index (χ1) is 4.16. The Labute approximate surface area is 65.2 Å². The van der Waals surface area contributed by atoms with Gasteiger partial charge in [-0.15, -0.1) is 0 Å². The van der Waals surface area contributed by atoms with Gasteiger partial charge in [0, 0.05) is 12.2 Å². The molecular formula is C4H3IO4. The maximum Gasteiger partial charge on any atom is 0.340 e. The van der Waals surface area contributed by atoms with Gasteiger partial charge in [-0.25, -0.2) is 9.59 Å². The highest BCUT2D eigenvalue weighted by molar-refractivity contribution is 14.1. The van der Waals surface area contributed by atoms with Crippen LogP contribution in [0.3, 0.4) is 0 Å². The van der Waals surface area contributed by atoms with Crippen molar-refractivity contribution in [3.05, 3.63) is 12.2 Å². The van der Waals surface area contributed by atoms with Gasteiger partial charge in [0.1, 0.15) is 0 Å². The molecule has 0 aliphatic heterocycles. The lowest BCUT2D eigenvalue weighted by molar-refractivity contribution is -0.132. The first-order valence-electron chi connectivity index (χ1n) is 1.90. The second-order valence-corrected chi connectivity index (χ2v) is 1.51. The van der Waals surface area contributed by atoms with E-state index in [-0.39, 0.29) is 0 Å². The predicted octanol–water partition coefficient (Wildman–Crippen LogP) is 0.520. The average molecular weight is 242 g/mol. The monoisotopic (exact) mass is 242 g/mol. The van der Waals surface area contributed by atoms with Crippen LogP contribution in [0.4, 0.5) is 0 Å². The number of halogens is 1. The topological polar surface area (TPSA) is 63.6 Å². The highest BCUT2D eigenvalue weighted by atomic mass is 127. The Morgan fingerprint density at radius 1 is 1.44 bits per heavy atom. The van der Waals surface area contributed by atoms with Crippen molar-refractivity contribution in [2.75, 3.05) is 0 Å². The Bertz CT molecular complexity index is 151. The van der Waals surface area contributed by atoms with Gasteiger partial charge >= 0.3 is 11.9 Å². The molecule has 0 atom stereocenters. The maximum absolute atomic E-state index is 10.1. The first-order valence-corrected chi connectivity index (χ1v) is 2.78. The summed E-state index contributed by atoms with van der Waals surface area (Å²) in [5.74, 6) is -1.85. The number of carbonyl (C=O) groups excluding carboxylic acids is 1. The van der Waals surface area contributed by atoms with Gasteiger partial charge in [0.05, 0.1) is 0 Å². The largest absolute Gasteiger partial charge is 0.478 e. The molecule has 1 N–H and O–H groups in total. The van der Waals surface area contributed by atoms with E-state index in [2.05, 4.69) is 3.07 Å². The van der Waals surface area contributed by atoms with Crippen LogP contribution in [0.15, 0.2) is 12.2 Å². The fourth-order valence-corrected chi connectivity index (χ4v) is 0.312. The van der Waals surface area contributed by atoms with Gasteiger partial charge in [-0.05, 0) is 0 Å². The Hall–Kier alpha value is -0.590. The second kappa shape index (κ2) is 4.30. The van der Waals surface area contributed by atoms with Crippen molar-refractivity contribution in [1.29, 1.82) is 0 Å². The first kappa shape index (κ1) is 8.41. The summed E-state index contributed by atoms with van der Waals surface area (Å²) in [4.78, 5) is 19.9. The zero-order chi connectivity index (χ0) is 7.28. The van der Waals surface area contributed by atoms with E-state index in [1.165, 1.54) is 23.0 Å². The van der Waals surface area contributed by atoms with Crippen molar-refractivity contribution >= 4 is 34.9 Å². The molecule has 4 nitrogen and oxygen atoms in total. The number of rotatable bonds is 2. The van der Waals surface area contributed by atoms with Gasteiger partial charge in [-0.2, -0.15) is 0 Å². The molecule has 0 aromatic heterocycles. The van der Waals surface area contributed by atoms with Crippen molar-refractivity contribution in [1.82, 2.24) is 0 Å². The lowest BCUT2D eigenvalue weighted by Crippen LogP contribution is -1.93. The third-order valence-electron chi connectivity index (χ3n) is 0.438. The minimum atomic E-state index is -1.17. The van der Waals surface area contributed by atoms with E-state index in [9.17, 15) is 9.59 Å². The van der Waals surface area contributed by atoms with Gasteiger partial charge in [0.25, 0.3) is 0 Å². The highest BCUT2D eigenvalue weighted by Crippen LogP contribution is 1.87. The molecule has 0 unspecified atom stereocenters. The minimum absolute atomic E-state index is 0.682. The summed E-state index contributed by atoms with van der Waals surface area (Å²) < 4.78 is 4.08. The molecule has 50 valence electrons. The second-order valence-electron chi connectivity index (χ2n) is 1.07. The molecule has 5 heteroatoms. The molecule has 0 aromatic carbocycles. The van der Waals surface area contributed by atoms with E-state index in [1.54, 1.807) is 0 Å². The summed E-state index contributed by atoms with van der Waals surface area (Å²) in [6.07, 6.45) is 1.54. The third-order valence-corrected chi connectivity index (χ3v) is 0.872. The molecule has 9 heavy (non-hydrogen) atoms. The normalized spacial score (nSPS) is 9.44. The quantitative estimate of drug-likeness (QED) is 0.566. The van der Waals surface area contributed by atoms with Crippen molar-refractivity contribution < 1.29 is 17.8 Å². The molecule has 0 rings (SSSR count). The number of carbonyl (C=O) groups is 2. The fourth-order valence-electron chi connectivity index (χ4n) is 0.165. The van der Waals surface area contributed by atoms with Crippen molar-refractivity contribution in [3.8, 4) is 0 Å². The molecule has 0 fully saturated rings. The minimum Gasteiger partial charge on any atom is -0.478 e. The molecule has 0 aliphatic carbocycles. The van der Waals surface area contributed by atoms with E-state index in [4.69, 9.17) is 5.11 Å². The maximum atomic E-state index is 10.1. The molecule has 0 radical (unpaired) electrons. The van der Waals surface area contributed by atoms with E-state index >= 15 is 0 Å². The molecular weight excluding hydrogens is 239 g/mol. The molecule has 0 amide bonds. The summed E-state index contributed by atoms with van der Waals surface area (Å²) >= 11 is 1.37. The van der Waals surface area contributed by atoms with E-state index < -0.39 is 11.9 Å². The van der Waals surface area contributed by atoms with Crippen LogP contribution in [0, 0.1) is 0 Å². The number of hydrogen-bond donors (Lipinski definition) is 1. The summed E-state index contributed by atoms with van der Waals surface area (Å²) in [5.41, 5.74) is 0. The van der Waals surface area contributed by atoms with Crippen LogP contribution in [0.1, 0.15) is 0 Å². The summed E-state index contributed by atoms with van der Waals surface area (Å²) in [5, 5.41) is 7.96. The average Bonchev–Trinajstić information content (AvgIpc) is 1.83. The summed E-state index contributed by atoms with van der Waals surface area (Å²) in [7, 11) is 0.